The van der Waals surface area contributed by atoms with Gasteiger partial charge in [0.15, 0.2) is 0 Å². The Labute approximate surface area is 122 Å². The minimum Gasteiger partial charge on any atom is -0.319 e. The van der Waals surface area contributed by atoms with Crippen LogP contribution in [0, 0.1) is 5.92 Å². The summed E-state index contributed by atoms with van der Waals surface area (Å²) in [5, 5.41) is 3.32. The van der Waals surface area contributed by atoms with Gasteiger partial charge in [0.25, 0.3) is 0 Å². The van der Waals surface area contributed by atoms with Crippen LogP contribution in [0.3, 0.4) is 0 Å². The topological polar surface area (TPSA) is 15.3 Å². The summed E-state index contributed by atoms with van der Waals surface area (Å²) in [6, 6.07) is 9.60. The van der Waals surface area contributed by atoms with E-state index in [0.717, 1.165) is 12.5 Å². The molecular weight excluding hydrogens is 252 g/mol. The lowest BCUT2D eigenvalue weighted by Gasteiger charge is -2.37. The molecule has 0 aliphatic carbocycles. The number of benzene rings is 1. The normalized spacial score (nSPS) is 22.4. The Morgan fingerprint density at radius 1 is 1.37 bits per heavy atom. The average molecular weight is 278 g/mol. The summed E-state index contributed by atoms with van der Waals surface area (Å²) in [5.74, 6) is 0.812. The molecule has 1 aromatic rings. The van der Waals surface area contributed by atoms with Crippen molar-refractivity contribution in [3.05, 3.63) is 29.8 Å². The second kappa shape index (κ2) is 7.32. The zero-order valence-electron chi connectivity index (χ0n) is 12.4. The third kappa shape index (κ3) is 3.98. The predicted molar refractivity (Wildman–Crippen MR) is 84.9 cm³/mol. The molecular formula is C16H26N2S. The van der Waals surface area contributed by atoms with Gasteiger partial charge in [-0.2, -0.15) is 0 Å². The lowest BCUT2D eigenvalue weighted by molar-refractivity contribution is 0.131. The number of nitrogens with zero attached hydrogens (tertiary/aromatic N) is 1. The molecule has 1 aromatic carbocycles. The number of piperidine rings is 1. The van der Waals surface area contributed by atoms with Crippen molar-refractivity contribution >= 4 is 11.8 Å². The van der Waals surface area contributed by atoms with E-state index < -0.39 is 0 Å². The molecule has 1 saturated heterocycles. The highest BCUT2D eigenvalue weighted by Crippen LogP contribution is 2.27. The molecule has 0 bridgehead atoms. The van der Waals surface area contributed by atoms with E-state index in [1.165, 1.54) is 36.4 Å². The Kier molecular flexibility index (Phi) is 5.74. The van der Waals surface area contributed by atoms with E-state index in [1.807, 2.05) is 11.8 Å². The number of hydrogen-bond acceptors (Lipinski definition) is 3. The monoisotopic (exact) mass is 278 g/mol. The fourth-order valence-corrected chi connectivity index (χ4v) is 3.41. The van der Waals surface area contributed by atoms with Crippen LogP contribution in [0.5, 0.6) is 0 Å². The van der Waals surface area contributed by atoms with Crippen LogP contribution in [0.1, 0.15) is 31.4 Å². The minimum absolute atomic E-state index is 0.538. The summed E-state index contributed by atoms with van der Waals surface area (Å²) in [5.41, 5.74) is 1.45. The van der Waals surface area contributed by atoms with Gasteiger partial charge in [0.1, 0.15) is 0 Å². The molecule has 0 radical (unpaired) electrons. The minimum atomic E-state index is 0.538. The quantitative estimate of drug-likeness (QED) is 0.831. The molecule has 2 unspecified atom stereocenters. The van der Waals surface area contributed by atoms with E-state index in [-0.39, 0.29) is 0 Å². The average Bonchev–Trinajstić information content (AvgIpc) is 2.47. The number of thioether (sulfide) groups is 1. The molecule has 3 heteroatoms. The first-order chi connectivity index (χ1) is 9.24. The Morgan fingerprint density at radius 3 is 2.74 bits per heavy atom. The first kappa shape index (κ1) is 14.9. The zero-order valence-corrected chi connectivity index (χ0v) is 13.2. The van der Waals surface area contributed by atoms with Crippen LogP contribution in [0.15, 0.2) is 29.2 Å². The summed E-state index contributed by atoms with van der Waals surface area (Å²) in [6.07, 6.45) is 4.83. The molecule has 0 spiro atoms. The Morgan fingerprint density at radius 2 is 2.11 bits per heavy atom. The smallest absolute Gasteiger partial charge is 0.0320 e. The van der Waals surface area contributed by atoms with Gasteiger partial charge >= 0.3 is 0 Å². The largest absolute Gasteiger partial charge is 0.319 e. The van der Waals surface area contributed by atoms with Gasteiger partial charge in [0, 0.05) is 17.5 Å². The highest BCUT2D eigenvalue weighted by molar-refractivity contribution is 7.98. The molecule has 2 nitrogen and oxygen atoms in total. The Hall–Kier alpha value is -0.510. The van der Waals surface area contributed by atoms with Crippen LogP contribution in [0.2, 0.25) is 0 Å². The van der Waals surface area contributed by atoms with Gasteiger partial charge in [-0.1, -0.05) is 12.1 Å². The van der Waals surface area contributed by atoms with Crippen molar-refractivity contribution in [2.45, 2.75) is 30.7 Å². The highest BCUT2D eigenvalue weighted by atomic mass is 32.2. The molecule has 0 aromatic heterocycles. The van der Waals surface area contributed by atoms with Crippen LogP contribution >= 0.6 is 11.8 Å². The van der Waals surface area contributed by atoms with Crippen LogP contribution < -0.4 is 5.32 Å². The molecule has 1 heterocycles. The highest BCUT2D eigenvalue weighted by Gasteiger charge is 2.23. The molecule has 106 valence electrons. The van der Waals surface area contributed by atoms with Gasteiger partial charge in [-0.3, -0.25) is 4.90 Å². The molecule has 2 rings (SSSR count). The maximum absolute atomic E-state index is 3.32. The Bertz CT molecular complexity index is 375. The summed E-state index contributed by atoms with van der Waals surface area (Å²) in [7, 11) is 2.06. The van der Waals surface area contributed by atoms with Crippen LogP contribution in [0.25, 0.3) is 0 Å². The second-order valence-electron chi connectivity index (χ2n) is 5.51. The SMILES string of the molecule is CNCC1CCCN(C(C)c2ccc(SC)cc2)C1. The lowest BCUT2D eigenvalue weighted by Crippen LogP contribution is -2.40. The molecule has 1 aliphatic heterocycles. The van der Waals surface area contributed by atoms with Crippen molar-refractivity contribution in [3.8, 4) is 0 Å². The molecule has 2 atom stereocenters. The summed E-state index contributed by atoms with van der Waals surface area (Å²) in [4.78, 5) is 3.99. The van der Waals surface area contributed by atoms with Gasteiger partial charge in [-0.15, -0.1) is 11.8 Å². The van der Waals surface area contributed by atoms with Gasteiger partial charge in [0.05, 0.1) is 0 Å². The van der Waals surface area contributed by atoms with Crippen molar-refractivity contribution in [1.29, 1.82) is 0 Å². The zero-order chi connectivity index (χ0) is 13.7. The van der Waals surface area contributed by atoms with E-state index in [9.17, 15) is 0 Å². The van der Waals surface area contributed by atoms with E-state index >= 15 is 0 Å². The van der Waals surface area contributed by atoms with Crippen LogP contribution in [0.4, 0.5) is 0 Å². The van der Waals surface area contributed by atoms with Crippen LogP contribution in [-0.2, 0) is 0 Å². The maximum Gasteiger partial charge on any atom is 0.0320 e. The van der Waals surface area contributed by atoms with E-state index in [0.29, 0.717) is 6.04 Å². The predicted octanol–water partition coefficient (Wildman–Crippen LogP) is 3.40. The fourth-order valence-electron chi connectivity index (χ4n) is 3.00. The van der Waals surface area contributed by atoms with E-state index in [2.05, 4.69) is 54.7 Å². The van der Waals surface area contributed by atoms with Crippen molar-refractivity contribution < 1.29 is 0 Å². The van der Waals surface area contributed by atoms with E-state index in [4.69, 9.17) is 0 Å². The fraction of sp³-hybridized carbons (Fsp3) is 0.625. The molecule has 0 amide bonds. The summed E-state index contributed by atoms with van der Waals surface area (Å²) in [6.45, 7) is 5.96. The molecule has 0 saturated carbocycles. The van der Waals surface area contributed by atoms with Gasteiger partial charge < -0.3 is 5.32 Å². The van der Waals surface area contributed by atoms with Crippen molar-refractivity contribution in [2.75, 3.05) is 32.9 Å². The number of hydrogen-bond donors (Lipinski definition) is 1. The van der Waals surface area contributed by atoms with Crippen molar-refractivity contribution in [3.63, 3.8) is 0 Å². The van der Waals surface area contributed by atoms with Crippen molar-refractivity contribution in [1.82, 2.24) is 10.2 Å². The molecule has 19 heavy (non-hydrogen) atoms. The number of nitrogens with one attached hydrogen (secondary N) is 1. The van der Waals surface area contributed by atoms with Crippen LogP contribution in [-0.4, -0.2) is 37.8 Å². The second-order valence-corrected chi connectivity index (χ2v) is 6.39. The van der Waals surface area contributed by atoms with E-state index in [1.54, 1.807) is 0 Å². The van der Waals surface area contributed by atoms with Crippen molar-refractivity contribution in [2.24, 2.45) is 5.92 Å². The molecule has 1 aliphatic rings. The first-order valence-electron chi connectivity index (χ1n) is 7.27. The van der Waals surface area contributed by atoms with Gasteiger partial charge in [-0.25, -0.2) is 0 Å². The van der Waals surface area contributed by atoms with Gasteiger partial charge in [-0.05, 0) is 69.8 Å². The maximum atomic E-state index is 3.32. The molecule has 1 fully saturated rings. The number of rotatable bonds is 5. The van der Waals surface area contributed by atoms with Gasteiger partial charge in [0.2, 0.25) is 0 Å². The number of likely N-dealkylation sites (tertiary alicyclic amines) is 1. The molecule has 1 N–H and O–H groups in total. The lowest BCUT2D eigenvalue weighted by atomic mass is 9.95. The first-order valence-corrected chi connectivity index (χ1v) is 8.49. The summed E-state index contributed by atoms with van der Waals surface area (Å²) < 4.78 is 0. The third-order valence-corrected chi connectivity index (χ3v) is 4.93. The standard InChI is InChI=1S/C16H26N2S/c1-13(15-6-8-16(19-3)9-7-15)18-10-4-5-14(12-18)11-17-2/h6-9,13-14,17H,4-5,10-12H2,1-3H3. The third-order valence-electron chi connectivity index (χ3n) is 4.19. The summed E-state index contributed by atoms with van der Waals surface area (Å²) >= 11 is 1.81. The Balaban J connectivity index is 1.99.